The summed E-state index contributed by atoms with van der Waals surface area (Å²) in [4.78, 5) is 15.4. The van der Waals surface area contributed by atoms with Crippen molar-refractivity contribution in [2.45, 2.75) is 304 Å². The molecule has 11 rings (SSSR count). The van der Waals surface area contributed by atoms with Crippen LogP contribution in [0.15, 0.2) is 11.6 Å². The van der Waals surface area contributed by atoms with Gasteiger partial charge in [0.15, 0.2) is 37.7 Å². The zero-order chi connectivity index (χ0) is 69.3. The lowest BCUT2D eigenvalue weighted by Gasteiger charge is -2.71. The molecule has 95 heavy (non-hydrogen) atoms. The Bertz CT molecular complexity index is 2660. The van der Waals surface area contributed by atoms with Gasteiger partial charge in [0.25, 0.3) is 0 Å². The van der Waals surface area contributed by atoms with Crippen LogP contribution in [0.4, 0.5) is 0 Å². The highest BCUT2D eigenvalue weighted by molar-refractivity contribution is 5.79. The fourth-order valence-corrected chi connectivity index (χ4v) is 18.8. The van der Waals surface area contributed by atoms with Crippen LogP contribution in [-0.2, 0) is 61.6 Å². The fraction of sp³-hybridized carbons (Fsp3) is 0.953. The van der Waals surface area contributed by atoms with Gasteiger partial charge in [-0.1, -0.05) is 53.2 Å². The van der Waals surface area contributed by atoms with Crippen LogP contribution in [0.25, 0.3) is 0 Å². The molecule has 6 saturated heterocycles. The maximum absolute atomic E-state index is 15.4. The molecular weight excluding hydrogens is 1260 g/mol. The number of carbonyl (C=O) groups is 1. The zero-order valence-electron chi connectivity index (χ0n) is 54.9. The highest BCUT2D eigenvalue weighted by Gasteiger charge is 2.71. The van der Waals surface area contributed by atoms with Gasteiger partial charge < -0.3 is 149 Å². The van der Waals surface area contributed by atoms with Crippen molar-refractivity contribution in [3.63, 3.8) is 0 Å². The highest BCUT2D eigenvalue weighted by Crippen LogP contribution is 2.76. The largest absolute Gasteiger partial charge is 0.432 e. The van der Waals surface area contributed by atoms with Gasteiger partial charge in [-0.05, 0) is 117 Å². The van der Waals surface area contributed by atoms with Crippen LogP contribution < -0.4 is 0 Å². The van der Waals surface area contributed by atoms with E-state index in [1.165, 1.54) is 13.8 Å². The second-order valence-corrected chi connectivity index (χ2v) is 30.9. The molecule has 5 aliphatic carbocycles. The third-order valence-electron chi connectivity index (χ3n) is 25.0. The van der Waals surface area contributed by atoms with Gasteiger partial charge in [0.05, 0.1) is 50.2 Å². The number of hydrogen-bond acceptors (Lipinski definition) is 31. The monoisotopic (exact) mass is 1370 g/mol. The predicted octanol–water partition coefficient (Wildman–Crippen LogP) is -4.76. The van der Waals surface area contributed by atoms with Crippen molar-refractivity contribution in [3.05, 3.63) is 11.6 Å². The first-order valence-electron chi connectivity index (χ1n) is 33.7. The summed E-state index contributed by atoms with van der Waals surface area (Å²) in [5.74, 6) is -1.23. The Labute approximate surface area is 550 Å². The molecule has 6 heterocycles. The van der Waals surface area contributed by atoms with E-state index in [0.29, 0.717) is 64.2 Å². The first-order valence-corrected chi connectivity index (χ1v) is 33.7. The zero-order valence-corrected chi connectivity index (χ0v) is 54.9. The van der Waals surface area contributed by atoms with Crippen LogP contribution in [-0.4, -0.2) is 309 Å². The molecule has 18 N–H and O–H groups in total. The molecule has 6 aliphatic heterocycles. The van der Waals surface area contributed by atoms with E-state index in [1.807, 2.05) is 6.92 Å². The molecule has 546 valence electrons. The normalized spacial score (nSPS) is 55.6. The van der Waals surface area contributed by atoms with E-state index in [4.69, 9.17) is 56.8 Å². The van der Waals surface area contributed by atoms with Crippen LogP contribution in [0.5, 0.6) is 0 Å². The molecule has 4 saturated carbocycles. The Morgan fingerprint density at radius 1 is 0.495 bits per heavy atom. The van der Waals surface area contributed by atoms with Crippen LogP contribution in [0.2, 0.25) is 0 Å². The Morgan fingerprint density at radius 2 is 1.07 bits per heavy atom. The molecule has 0 aromatic rings. The molecule has 0 bridgehead atoms. The lowest BCUT2D eigenvalue weighted by molar-refractivity contribution is -0.404. The number of hydrogen-bond donors (Lipinski definition) is 18. The van der Waals surface area contributed by atoms with Gasteiger partial charge in [0.2, 0.25) is 6.29 Å². The van der Waals surface area contributed by atoms with E-state index in [2.05, 4.69) is 40.7 Å². The van der Waals surface area contributed by atoms with Crippen LogP contribution in [0.1, 0.15) is 120 Å². The number of esters is 1. The van der Waals surface area contributed by atoms with E-state index in [9.17, 15) is 91.9 Å². The SMILES string of the molecule is CC1OC(OC2C(CO)OC(OC3OC(OC(=O)C45CCC(C)(C)CC4C4=CCC6C7(C)CCC(OC8OCC(OC9OC(CO)C(O)C(O)C9O)C(O)C8OC8C(O)C(C)OC(O)C8O)C(C)(CO)C7CCC6(C)C4(C)CC5)C(O)C(O)C3O)C(O)C2O)C(O)C(O)C1O. The average molecular weight is 1370 g/mol. The fourth-order valence-electron chi connectivity index (χ4n) is 18.8. The molecule has 10 fully saturated rings. The number of aliphatic hydroxyl groups excluding tert-OH is 18. The molecule has 0 spiro atoms. The van der Waals surface area contributed by atoms with Gasteiger partial charge in [-0.25, -0.2) is 0 Å². The molecule has 31 nitrogen and oxygen atoms in total. The minimum Gasteiger partial charge on any atom is -0.432 e. The predicted molar refractivity (Wildman–Crippen MR) is 316 cm³/mol. The minimum atomic E-state index is -2.05. The molecule has 0 aromatic carbocycles. The average Bonchev–Trinajstić information content (AvgIpc) is 0.675. The molecule has 0 radical (unpaired) electrons. The second-order valence-electron chi connectivity index (χ2n) is 30.9. The van der Waals surface area contributed by atoms with Crippen molar-refractivity contribution in [1.82, 2.24) is 0 Å². The summed E-state index contributed by atoms with van der Waals surface area (Å²) in [6.45, 7) is 13.6. The van der Waals surface area contributed by atoms with Gasteiger partial charge in [-0.15, -0.1) is 0 Å². The first kappa shape index (κ1) is 74.2. The van der Waals surface area contributed by atoms with E-state index in [-0.39, 0.29) is 35.2 Å². The smallest absolute Gasteiger partial charge is 0.315 e. The number of allylic oxidation sites excluding steroid dienone is 2. The van der Waals surface area contributed by atoms with Crippen LogP contribution in [0, 0.1) is 50.2 Å². The summed E-state index contributed by atoms with van der Waals surface area (Å²) in [6.07, 6.45) is -42.3. The quantitative estimate of drug-likeness (QED) is 0.0416. The van der Waals surface area contributed by atoms with E-state index >= 15 is 4.79 Å². The molecule has 38 unspecified atom stereocenters. The van der Waals surface area contributed by atoms with Crippen molar-refractivity contribution in [1.29, 1.82) is 0 Å². The maximum Gasteiger partial charge on any atom is 0.315 e. The summed E-state index contributed by atoms with van der Waals surface area (Å²) in [5.41, 5.74) is -2.56. The van der Waals surface area contributed by atoms with Gasteiger partial charge in [0, 0.05) is 5.41 Å². The number of fused-ring (bicyclic) bond motifs is 7. The van der Waals surface area contributed by atoms with Gasteiger partial charge in [0.1, 0.15) is 122 Å². The number of carbonyl (C=O) groups excluding carboxylic acids is 1. The third kappa shape index (κ3) is 12.6. The van der Waals surface area contributed by atoms with Gasteiger partial charge in [-0.3, -0.25) is 4.79 Å². The maximum atomic E-state index is 15.4. The summed E-state index contributed by atoms with van der Waals surface area (Å²) in [5, 5.41) is 197. The van der Waals surface area contributed by atoms with E-state index in [0.717, 1.165) is 5.57 Å². The van der Waals surface area contributed by atoms with Gasteiger partial charge >= 0.3 is 5.97 Å². The Kier molecular flexibility index (Phi) is 21.6. The second kappa shape index (κ2) is 27.7. The standard InChI is InChI=1S/C64H104O31/c1-24-34(68)38(72)42(76)52(86-24)92-48-29(21-66)88-54(46(80)41(48)75)93-55-44(78)40(74)45(79)56(94-55)95-58(83)64-17-15-59(3,4)19-27(64)26-9-10-32-60(5)13-12-33(61(6,23-67)31(60)11-14-63(32,8)62(26,7)16-18-64)90-57-50(91-49-35(69)25(2)85-51(82)47(49)81)37(71)30(22-84-57)89-53-43(77)39(73)36(70)28(20-65)87-53/h9,24-25,27-57,65-82H,10-23H2,1-8H3. The lowest BCUT2D eigenvalue weighted by atomic mass is 9.33. The molecule has 0 aromatic heterocycles. The summed E-state index contributed by atoms with van der Waals surface area (Å²) < 4.78 is 71.2. The molecular formula is C64H104O31. The topological polar surface area (TPSA) is 492 Å². The highest BCUT2D eigenvalue weighted by atomic mass is 16.8. The summed E-state index contributed by atoms with van der Waals surface area (Å²) in [7, 11) is 0. The first-order chi connectivity index (χ1) is 44.6. The van der Waals surface area contributed by atoms with Crippen LogP contribution in [0.3, 0.4) is 0 Å². The molecule has 38 atom stereocenters. The summed E-state index contributed by atoms with van der Waals surface area (Å²) >= 11 is 0. The Morgan fingerprint density at radius 3 is 1.74 bits per heavy atom. The van der Waals surface area contributed by atoms with Crippen LogP contribution >= 0.6 is 0 Å². The Hall–Kier alpha value is -1.95. The number of aliphatic hydroxyl groups is 18. The van der Waals surface area contributed by atoms with Crippen molar-refractivity contribution in [2.24, 2.45) is 50.2 Å². The molecule has 31 heteroatoms. The van der Waals surface area contributed by atoms with Crippen molar-refractivity contribution >= 4 is 5.97 Å². The summed E-state index contributed by atoms with van der Waals surface area (Å²) in [6, 6.07) is 0. The Balaban J connectivity index is 0.802. The third-order valence-corrected chi connectivity index (χ3v) is 25.0. The van der Waals surface area contributed by atoms with Crippen molar-refractivity contribution in [2.75, 3.05) is 26.4 Å². The number of rotatable bonds is 15. The molecule has 11 aliphatic rings. The molecule has 0 amide bonds. The minimum absolute atomic E-state index is 0.0283. The van der Waals surface area contributed by atoms with Gasteiger partial charge in [-0.2, -0.15) is 0 Å². The number of ether oxygens (including phenoxy) is 12. The van der Waals surface area contributed by atoms with E-state index < -0.39 is 232 Å². The van der Waals surface area contributed by atoms with Crippen molar-refractivity contribution < 1.29 is 154 Å². The lowest BCUT2D eigenvalue weighted by Crippen LogP contribution is -2.67. The van der Waals surface area contributed by atoms with Crippen molar-refractivity contribution in [3.8, 4) is 0 Å². The van der Waals surface area contributed by atoms with E-state index in [1.54, 1.807) is 0 Å².